The lowest BCUT2D eigenvalue weighted by Gasteiger charge is -2.34. The Kier molecular flexibility index (Phi) is 5.24. The van der Waals surface area contributed by atoms with Gasteiger partial charge in [0.05, 0.1) is 7.11 Å². The summed E-state index contributed by atoms with van der Waals surface area (Å²) in [5, 5.41) is 0. The number of hydrogen-bond donors (Lipinski definition) is 1. The number of methoxy groups -OCH3 is 1. The smallest absolute Gasteiger partial charge is 0.260 e. The molecule has 1 amide bonds. The van der Waals surface area contributed by atoms with Crippen LogP contribution in [0.3, 0.4) is 0 Å². The lowest BCUT2D eigenvalue weighted by molar-refractivity contribution is -0.136. The second kappa shape index (κ2) is 7.14. The number of likely N-dealkylation sites (tertiary alicyclic amines) is 1. The number of benzene rings is 1. The zero-order valence-corrected chi connectivity index (χ0v) is 11.9. The van der Waals surface area contributed by atoms with Gasteiger partial charge in [0, 0.05) is 19.1 Å². The molecular weight excluding hydrogens is 256 g/mol. The van der Waals surface area contributed by atoms with Crippen LogP contribution in [-0.2, 0) is 4.79 Å². The average Bonchev–Trinajstić information content (AvgIpc) is 2.52. The fourth-order valence-electron chi connectivity index (χ4n) is 2.53. The number of nitrogens with two attached hydrogens (primary N) is 1. The minimum absolute atomic E-state index is 0.00828. The largest absolute Gasteiger partial charge is 0.493 e. The van der Waals surface area contributed by atoms with Crippen molar-refractivity contribution in [3.8, 4) is 11.5 Å². The zero-order chi connectivity index (χ0) is 14.4. The van der Waals surface area contributed by atoms with Crippen molar-refractivity contribution in [2.75, 3.05) is 26.8 Å². The highest BCUT2D eigenvalue weighted by Crippen LogP contribution is 2.26. The lowest BCUT2D eigenvalue weighted by atomic mass is 10.0. The normalized spacial score (nSPS) is 18.7. The quantitative estimate of drug-likeness (QED) is 0.884. The summed E-state index contributed by atoms with van der Waals surface area (Å²) in [5.74, 6) is 1.21. The maximum atomic E-state index is 12.2. The SMILES string of the molecule is COc1ccccc1OCC(=O)N1CCCCC1CN. The molecule has 2 rings (SSSR count). The van der Waals surface area contributed by atoms with E-state index in [0.29, 0.717) is 18.0 Å². The standard InChI is InChI=1S/C15H22N2O3/c1-19-13-7-2-3-8-14(13)20-11-15(18)17-9-5-4-6-12(17)10-16/h2-3,7-8,12H,4-6,9-11,16H2,1H3. The summed E-state index contributed by atoms with van der Waals surface area (Å²) in [7, 11) is 1.58. The second-order valence-corrected chi connectivity index (χ2v) is 4.91. The highest BCUT2D eigenvalue weighted by molar-refractivity contribution is 5.78. The Labute approximate surface area is 119 Å². The molecule has 2 N–H and O–H groups in total. The third-order valence-corrected chi connectivity index (χ3v) is 3.64. The van der Waals surface area contributed by atoms with Gasteiger partial charge in [0.15, 0.2) is 18.1 Å². The summed E-state index contributed by atoms with van der Waals surface area (Å²) in [6.07, 6.45) is 3.16. The van der Waals surface area contributed by atoms with Crippen LogP contribution in [0, 0.1) is 0 Å². The van der Waals surface area contributed by atoms with E-state index in [0.717, 1.165) is 25.8 Å². The third kappa shape index (κ3) is 3.42. The van der Waals surface area contributed by atoms with Crippen LogP contribution in [0.15, 0.2) is 24.3 Å². The van der Waals surface area contributed by atoms with E-state index >= 15 is 0 Å². The van der Waals surface area contributed by atoms with Crippen molar-refractivity contribution in [3.63, 3.8) is 0 Å². The molecule has 110 valence electrons. The molecule has 5 heteroatoms. The molecule has 0 spiro atoms. The average molecular weight is 278 g/mol. The molecule has 1 saturated heterocycles. The van der Waals surface area contributed by atoms with Gasteiger partial charge in [0.2, 0.25) is 0 Å². The predicted molar refractivity (Wildman–Crippen MR) is 76.9 cm³/mol. The Balaban J connectivity index is 1.94. The van der Waals surface area contributed by atoms with Crippen molar-refractivity contribution in [2.45, 2.75) is 25.3 Å². The van der Waals surface area contributed by atoms with Crippen LogP contribution in [0.1, 0.15) is 19.3 Å². The number of carbonyl (C=O) groups excluding carboxylic acids is 1. The topological polar surface area (TPSA) is 64.8 Å². The van der Waals surface area contributed by atoms with Crippen LogP contribution in [0.4, 0.5) is 0 Å². The molecular formula is C15H22N2O3. The molecule has 5 nitrogen and oxygen atoms in total. The molecule has 0 bridgehead atoms. The predicted octanol–water partition coefficient (Wildman–Crippen LogP) is 1.41. The molecule has 1 heterocycles. The van der Waals surface area contributed by atoms with Gasteiger partial charge in [-0.15, -0.1) is 0 Å². The van der Waals surface area contributed by atoms with E-state index in [-0.39, 0.29) is 18.6 Å². The Bertz CT molecular complexity index is 450. The van der Waals surface area contributed by atoms with Crippen LogP contribution in [0.2, 0.25) is 0 Å². The maximum absolute atomic E-state index is 12.2. The molecule has 1 fully saturated rings. The number of nitrogens with zero attached hydrogens (tertiary/aromatic N) is 1. The third-order valence-electron chi connectivity index (χ3n) is 3.64. The molecule has 20 heavy (non-hydrogen) atoms. The first-order valence-electron chi connectivity index (χ1n) is 7.01. The van der Waals surface area contributed by atoms with Crippen LogP contribution in [-0.4, -0.2) is 43.7 Å². The minimum atomic E-state index is -0.00828. The molecule has 1 aromatic carbocycles. The van der Waals surface area contributed by atoms with Crippen molar-refractivity contribution in [3.05, 3.63) is 24.3 Å². The van der Waals surface area contributed by atoms with Crippen LogP contribution in [0.5, 0.6) is 11.5 Å². The molecule has 0 saturated carbocycles. The van der Waals surface area contributed by atoms with E-state index in [2.05, 4.69) is 0 Å². The maximum Gasteiger partial charge on any atom is 0.260 e. The van der Waals surface area contributed by atoms with E-state index in [1.165, 1.54) is 0 Å². The fraction of sp³-hybridized carbons (Fsp3) is 0.533. The van der Waals surface area contributed by atoms with Gasteiger partial charge in [-0.2, -0.15) is 0 Å². The molecule has 1 unspecified atom stereocenters. The van der Waals surface area contributed by atoms with Gasteiger partial charge in [-0.1, -0.05) is 12.1 Å². The van der Waals surface area contributed by atoms with Gasteiger partial charge < -0.3 is 20.1 Å². The van der Waals surface area contributed by atoms with Gasteiger partial charge in [0.25, 0.3) is 5.91 Å². The van der Waals surface area contributed by atoms with Crippen molar-refractivity contribution >= 4 is 5.91 Å². The van der Waals surface area contributed by atoms with E-state index in [4.69, 9.17) is 15.2 Å². The van der Waals surface area contributed by atoms with Crippen LogP contribution in [0.25, 0.3) is 0 Å². The summed E-state index contributed by atoms with van der Waals surface area (Å²) in [5.41, 5.74) is 5.73. The number of rotatable bonds is 5. The first kappa shape index (κ1) is 14.7. The number of amides is 1. The first-order chi connectivity index (χ1) is 9.76. The number of hydrogen-bond acceptors (Lipinski definition) is 4. The lowest BCUT2D eigenvalue weighted by Crippen LogP contribution is -2.49. The van der Waals surface area contributed by atoms with E-state index in [1.54, 1.807) is 13.2 Å². The van der Waals surface area contributed by atoms with Crippen LogP contribution >= 0.6 is 0 Å². The monoisotopic (exact) mass is 278 g/mol. The van der Waals surface area contributed by atoms with Gasteiger partial charge in [-0.3, -0.25) is 4.79 Å². The Morgan fingerprint density at radius 1 is 1.35 bits per heavy atom. The Morgan fingerprint density at radius 3 is 2.80 bits per heavy atom. The van der Waals surface area contributed by atoms with Gasteiger partial charge in [0.1, 0.15) is 0 Å². The molecule has 0 radical (unpaired) electrons. The highest BCUT2D eigenvalue weighted by atomic mass is 16.5. The van der Waals surface area contributed by atoms with Crippen LogP contribution < -0.4 is 15.2 Å². The summed E-state index contributed by atoms with van der Waals surface area (Å²) in [4.78, 5) is 14.1. The van der Waals surface area contributed by atoms with Crippen molar-refractivity contribution in [2.24, 2.45) is 5.73 Å². The zero-order valence-electron chi connectivity index (χ0n) is 11.9. The fourth-order valence-corrected chi connectivity index (χ4v) is 2.53. The molecule has 0 aromatic heterocycles. The summed E-state index contributed by atoms with van der Waals surface area (Å²) in [6, 6.07) is 7.47. The summed E-state index contributed by atoms with van der Waals surface area (Å²) < 4.78 is 10.8. The number of piperidine rings is 1. The number of ether oxygens (including phenoxy) is 2. The molecule has 1 aliphatic heterocycles. The van der Waals surface area contributed by atoms with Crippen molar-refractivity contribution in [1.82, 2.24) is 4.90 Å². The Morgan fingerprint density at radius 2 is 2.10 bits per heavy atom. The van der Waals surface area contributed by atoms with Gasteiger partial charge in [-0.05, 0) is 31.4 Å². The highest BCUT2D eigenvalue weighted by Gasteiger charge is 2.25. The Hall–Kier alpha value is -1.75. The van der Waals surface area contributed by atoms with E-state index in [9.17, 15) is 4.79 Å². The number of para-hydroxylation sites is 2. The van der Waals surface area contributed by atoms with Gasteiger partial charge in [-0.25, -0.2) is 0 Å². The molecule has 1 aliphatic rings. The first-order valence-corrected chi connectivity index (χ1v) is 7.01. The van der Waals surface area contributed by atoms with Gasteiger partial charge >= 0.3 is 0 Å². The molecule has 0 aliphatic carbocycles. The second-order valence-electron chi connectivity index (χ2n) is 4.91. The van der Waals surface area contributed by atoms with Crippen molar-refractivity contribution in [1.29, 1.82) is 0 Å². The summed E-state index contributed by atoms with van der Waals surface area (Å²) in [6.45, 7) is 1.31. The van der Waals surface area contributed by atoms with E-state index < -0.39 is 0 Å². The number of carbonyl (C=O) groups is 1. The molecule has 1 atom stereocenters. The van der Waals surface area contributed by atoms with E-state index in [1.807, 2.05) is 23.1 Å². The molecule has 1 aromatic rings. The minimum Gasteiger partial charge on any atom is -0.493 e. The van der Waals surface area contributed by atoms with Crippen molar-refractivity contribution < 1.29 is 14.3 Å². The summed E-state index contributed by atoms with van der Waals surface area (Å²) >= 11 is 0.